The van der Waals surface area contributed by atoms with Crippen LogP contribution in [0.1, 0.15) is 12.5 Å². The van der Waals surface area contributed by atoms with Gasteiger partial charge in [-0.3, -0.25) is 9.59 Å². The second-order valence-electron chi connectivity index (χ2n) is 5.50. The second kappa shape index (κ2) is 8.37. The Morgan fingerprint density at radius 1 is 1.00 bits per heavy atom. The zero-order valence-corrected chi connectivity index (χ0v) is 13.9. The van der Waals surface area contributed by atoms with Gasteiger partial charge in [0.15, 0.2) is 6.61 Å². The molecule has 0 saturated carbocycles. The van der Waals surface area contributed by atoms with Gasteiger partial charge >= 0.3 is 6.18 Å². The molecule has 0 bridgehead atoms. The van der Waals surface area contributed by atoms with E-state index in [1.54, 1.807) is 30.3 Å². The molecule has 0 aliphatic rings. The van der Waals surface area contributed by atoms with Crippen LogP contribution in [0.4, 0.5) is 24.5 Å². The van der Waals surface area contributed by atoms with Gasteiger partial charge in [0.1, 0.15) is 5.75 Å². The average molecular weight is 366 g/mol. The van der Waals surface area contributed by atoms with E-state index >= 15 is 0 Å². The first-order valence-electron chi connectivity index (χ1n) is 7.68. The summed E-state index contributed by atoms with van der Waals surface area (Å²) in [6, 6.07) is 12.6. The van der Waals surface area contributed by atoms with Gasteiger partial charge in [-0.25, -0.2) is 0 Å². The van der Waals surface area contributed by atoms with Crippen LogP contribution >= 0.6 is 0 Å². The van der Waals surface area contributed by atoms with E-state index in [0.717, 1.165) is 0 Å². The predicted octanol–water partition coefficient (Wildman–Crippen LogP) is 3.77. The summed E-state index contributed by atoms with van der Waals surface area (Å²) in [6.45, 7) is -0.0514. The molecule has 138 valence electrons. The highest BCUT2D eigenvalue weighted by Gasteiger charge is 2.28. The molecule has 0 saturated heterocycles. The number of hydrogen-bond acceptors (Lipinski definition) is 3. The number of para-hydroxylation sites is 2. The minimum Gasteiger partial charge on any atom is -0.482 e. The van der Waals surface area contributed by atoms with Crippen molar-refractivity contribution in [3.63, 3.8) is 0 Å². The molecular weight excluding hydrogens is 349 g/mol. The first-order valence-corrected chi connectivity index (χ1v) is 7.68. The van der Waals surface area contributed by atoms with Crippen molar-refractivity contribution >= 4 is 23.2 Å². The fourth-order valence-electron chi connectivity index (χ4n) is 2.14. The summed E-state index contributed by atoms with van der Waals surface area (Å²) in [6.07, 6.45) is -4.44. The zero-order valence-electron chi connectivity index (χ0n) is 13.9. The fraction of sp³-hybridized carbons (Fsp3) is 0.222. The number of nitrogens with one attached hydrogen (secondary N) is 2. The summed E-state index contributed by atoms with van der Waals surface area (Å²) in [5.74, 6) is -0.662. The van der Waals surface area contributed by atoms with Crippen molar-refractivity contribution < 1.29 is 27.5 Å². The topological polar surface area (TPSA) is 67.4 Å². The van der Waals surface area contributed by atoms with E-state index in [0.29, 0.717) is 11.3 Å². The van der Waals surface area contributed by atoms with Crippen molar-refractivity contribution in [2.45, 2.75) is 19.5 Å². The number of rotatable bonds is 6. The van der Waals surface area contributed by atoms with Gasteiger partial charge in [0.05, 0.1) is 12.1 Å². The lowest BCUT2D eigenvalue weighted by atomic mass is 10.1. The number of anilines is 2. The van der Waals surface area contributed by atoms with E-state index in [4.69, 9.17) is 4.74 Å². The lowest BCUT2D eigenvalue weighted by Crippen LogP contribution is -2.20. The van der Waals surface area contributed by atoms with Gasteiger partial charge in [-0.1, -0.05) is 24.3 Å². The van der Waals surface area contributed by atoms with Crippen LogP contribution in [-0.2, 0) is 16.0 Å². The van der Waals surface area contributed by atoms with Crippen molar-refractivity contribution in [3.05, 3.63) is 54.1 Å². The zero-order chi connectivity index (χ0) is 19.2. The predicted molar refractivity (Wildman–Crippen MR) is 91.1 cm³/mol. The number of ether oxygens (including phenoxy) is 1. The number of alkyl halides is 3. The maximum atomic E-state index is 12.3. The summed E-state index contributed by atoms with van der Waals surface area (Å²) >= 11 is 0. The molecule has 2 aromatic rings. The van der Waals surface area contributed by atoms with Crippen LogP contribution in [0, 0.1) is 0 Å². The monoisotopic (exact) mass is 366 g/mol. The Bertz CT molecular complexity index is 774. The van der Waals surface area contributed by atoms with Crippen molar-refractivity contribution in [2.24, 2.45) is 0 Å². The molecule has 0 aromatic heterocycles. The van der Waals surface area contributed by atoms with Gasteiger partial charge in [0.2, 0.25) is 11.8 Å². The van der Waals surface area contributed by atoms with Gasteiger partial charge in [-0.05, 0) is 29.8 Å². The van der Waals surface area contributed by atoms with Crippen molar-refractivity contribution in [2.75, 3.05) is 17.2 Å². The lowest BCUT2D eigenvalue weighted by molar-refractivity contribution is -0.153. The molecule has 2 aromatic carbocycles. The third kappa shape index (κ3) is 6.46. The number of carbonyl (C=O) groups excluding carboxylic acids is 2. The SMILES string of the molecule is CC(=O)Nc1ccc(CC(=O)Nc2ccccc2OCC(F)(F)F)cc1. The van der Waals surface area contributed by atoms with E-state index < -0.39 is 18.7 Å². The second-order valence-corrected chi connectivity index (χ2v) is 5.50. The maximum absolute atomic E-state index is 12.3. The summed E-state index contributed by atoms with van der Waals surface area (Å²) < 4.78 is 41.6. The van der Waals surface area contributed by atoms with E-state index in [-0.39, 0.29) is 23.8 Å². The van der Waals surface area contributed by atoms with Crippen LogP contribution in [0.25, 0.3) is 0 Å². The maximum Gasteiger partial charge on any atom is 0.422 e. The van der Waals surface area contributed by atoms with Gasteiger partial charge in [-0.15, -0.1) is 0 Å². The van der Waals surface area contributed by atoms with Gasteiger partial charge < -0.3 is 15.4 Å². The van der Waals surface area contributed by atoms with Crippen LogP contribution in [0.2, 0.25) is 0 Å². The van der Waals surface area contributed by atoms with Crippen molar-refractivity contribution in [1.29, 1.82) is 0 Å². The molecule has 0 radical (unpaired) electrons. The average Bonchev–Trinajstić information content (AvgIpc) is 2.54. The molecule has 0 atom stereocenters. The van der Waals surface area contributed by atoms with Crippen LogP contribution in [-0.4, -0.2) is 24.6 Å². The largest absolute Gasteiger partial charge is 0.482 e. The summed E-state index contributed by atoms with van der Waals surface area (Å²) in [5, 5.41) is 5.15. The van der Waals surface area contributed by atoms with E-state index in [9.17, 15) is 22.8 Å². The standard InChI is InChI=1S/C18H17F3N2O3/c1-12(24)22-14-8-6-13(7-9-14)10-17(25)23-15-4-2-3-5-16(15)26-11-18(19,20)21/h2-9H,10-11H2,1H3,(H,22,24)(H,23,25). The number of halogens is 3. The minimum atomic E-state index is -4.47. The van der Waals surface area contributed by atoms with Gasteiger partial charge in [0.25, 0.3) is 0 Å². The highest BCUT2D eigenvalue weighted by atomic mass is 19.4. The minimum absolute atomic E-state index is 0.0218. The Hall–Kier alpha value is -3.03. The summed E-state index contributed by atoms with van der Waals surface area (Å²) in [5.41, 5.74) is 1.45. The Morgan fingerprint density at radius 3 is 2.27 bits per heavy atom. The fourth-order valence-corrected chi connectivity index (χ4v) is 2.14. The Kier molecular flexibility index (Phi) is 6.21. The van der Waals surface area contributed by atoms with Crippen molar-refractivity contribution in [3.8, 4) is 5.75 Å². The normalized spacial score (nSPS) is 10.9. The smallest absolute Gasteiger partial charge is 0.422 e. The lowest BCUT2D eigenvalue weighted by Gasteiger charge is -2.14. The molecular formula is C18H17F3N2O3. The van der Waals surface area contributed by atoms with E-state index in [1.807, 2.05) is 0 Å². The molecule has 0 aliphatic heterocycles. The van der Waals surface area contributed by atoms with Crippen LogP contribution < -0.4 is 15.4 Å². The van der Waals surface area contributed by atoms with Gasteiger partial charge in [-0.2, -0.15) is 13.2 Å². The molecule has 8 heteroatoms. The van der Waals surface area contributed by atoms with Crippen LogP contribution in [0.15, 0.2) is 48.5 Å². The highest BCUT2D eigenvalue weighted by Crippen LogP contribution is 2.26. The Labute approximate surface area is 148 Å². The Morgan fingerprint density at radius 2 is 1.65 bits per heavy atom. The van der Waals surface area contributed by atoms with E-state index in [1.165, 1.54) is 25.1 Å². The van der Waals surface area contributed by atoms with E-state index in [2.05, 4.69) is 10.6 Å². The van der Waals surface area contributed by atoms with Crippen LogP contribution in [0.3, 0.4) is 0 Å². The van der Waals surface area contributed by atoms with Crippen LogP contribution in [0.5, 0.6) is 5.75 Å². The van der Waals surface area contributed by atoms with Gasteiger partial charge in [0, 0.05) is 12.6 Å². The highest BCUT2D eigenvalue weighted by molar-refractivity contribution is 5.94. The molecule has 0 unspecified atom stereocenters. The quantitative estimate of drug-likeness (QED) is 0.818. The number of amides is 2. The summed E-state index contributed by atoms with van der Waals surface area (Å²) in [7, 11) is 0. The molecule has 0 spiro atoms. The molecule has 2 N–H and O–H groups in total. The number of benzene rings is 2. The molecule has 5 nitrogen and oxygen atoms in total. The first kappa shape index (κ1) is 19.3. The number of carbonyl (C=O) groups is 2. The third-order valence-corrected chi connectivity index (χ3v) is 3.19. The molecule has 2 amide bonds. The summed E-state index contributed by atoms with van der Waals surface area (Å²) in [4.78, 5) is 23.1. The molecule has 0 aliphatic carbocycles. The first-order chi connectivity index (χ1) is 12.2. The number of hydrogen-bond donors (Lipinski definition) is 2. The molecule has 0 fully saturated rings. The van der Waals surface area contributed by atoms with Crippen molar-refractivity contribution in [1.82, 2.24) is 0 Å². The Balaban J connectivity index is 1.98. The molecule has 0 heterocycles. The molecule has 2 rings (SSSR count). The third-order valence-electron chi connectivity index (χ3n) is 3.19. The molecule has 26 heavy (non-hydrogen) atoms.